The van der Waals surface area contributed by atoms with Gasteiger partial charge in [0.2, 0.25) is 0 Å². The van der Waals surface area contributed by atoms with Crippen LogP contribution in [0.5, 0.6) is 5.75 Å². The molecule has 0 spiro atoms. The van der Waals surface area contributed by atoms with Crippen molar-refractivity contribution in [2.24, 2.45) is 0 Å². The fourth-order valence-corrected chi connectivity index (χ4v) is 3.25. The Bertz CT molecular complexity index is 394. The third kappa shape index (κ3) is 3.53. The van der Waals surface area contributed by atoms with Crippen LogP contribution >= 0.6 is 0 Å². The van der Waals surface area contributed by atoms with Crippen LogP contribution in [0, 0.1) is 0 Å². The van der Waals surface area contributed by atoms with Gasteiger partial charge in [-0.15, -0.1) is 0 Å². The van der Waals surface area contributed by atoms with Gasteiger partial charge in [-0.3, -0.25) is 4.90 Å². The molecule has 3 heteroatoms. The summed E-state index contributed by atoms with van der Waals surface area (Å²) in [6.45, 7) is 5.79. The van der Waals surface area contributed by atoms with Gasteiger partial charge in [-0.2, -0.15) is 0 Å². The van der Waals surface area contributed by atoms with E-state index in [1.165, 1.54) is 24.8 Å². The molecule has 1 aliphatic rings. The zero-order valence-electron chi connectivity index (χ0n) is 13.2. The van der Waals surface area contributed by atoms with Gasteiger partial charge in [0, 0.05) is 24.7 Å². The van der Waals surface area contributed by atoms with Crippen LogP contribution in [0.25, 0.3) is 0 Å². The molecule has 0 aliphatic carbocycles. The van der Waals surface area contributed by atoms with Gasteiger partial charge >= 0.3 is 0 Å². The van der Waals surface area contributed by atoms with Gasteiger partial charge in [0.05, 0.1) is 7.11 Å². The van der Waals surface area contributed by atoms with Crippen molar-refractivity contribution in [2.45, 2.75) is 51.2 Å². The average Bonchev–Trinajstić information content (AvgIpc) is 2.47. The third-order valence-electron chi connectivity index (χ3n) is 4.64. The highest BCUT2D eigenvalue weighted by Gasteiger charge is 2.26. The summed E-state index contributed by atoms with van der Waals surface area (Å²) in [6.07, 6.45) is 4.01. The first kappa shape index (κ1) is 15.3. The summed E-state index contributed by atoms with van der Waals surface area (Å²) in [5.41, 5.74) is 1.33. The Kier molecular flexibility index (Phi) is 5.44. The van der Waals surface area contributed by atoms with Crippen molar-refractivity contribution < 1.29 is 4.74 Å². The Morgan fingerprint density at radius 3 is 2.30 bits per heavy atom. The number of hydrogen-bond acceptors (Lipinski definition) is 3. The van der Waals surface area contributed by atoms with Gasteiger partial charge in [0.1, 0.15) is 5.75 Å². The molecule has 3 atom stereocenters. The number of likely N-dealkylation sites (N-methyl/N-ethyl adjacent to an activating group) is 1. The van der Waals surface area contributed by atoms with Crippen molar-refractivity contribution in [3.63, 3.8) is 0 Å². The van der Waals surface area contributed by atoms with Crippen LogP contribution in [0.15, 0.2) is 24.3 Å². The molecule has 1 N–H and O–H groups in total. The Hall–Kier alpha value is -1.06. The summed E-state index contributed by atoms with van der Waals surface area (Å²) < 4.78 is 5.24. The highest BCUT2D eigenvalue weighted by atomic mass is 16.5. The van der Waals surface area contributed by atoms with Gasteiger partial charge in [-0.1, -0.05) is 18.6 Å². The second kappa shape index (κ2) is 7.09. The van der Waals surface area contributed by atoms with Gasteiger partial charge in [-0.25, -0.2) is 0 Å². The minimum absolute atomic E-state index is 0.379. The van der Waals surface area contributed by atoms with E-state index in [0.717, 1.165) is 12.3 Å². The van der Waals surface area contributed by atoms with Crippen LogP contribution in [0.1, 0.15) is 44.7 Å². The van der Waals surface area contributed by atoms with Crippen molar-refractivity contribution in [2.75, 3.05) is 20.7 Å². The zero-order valence-corrected chi connectivity index (χ0v) is 13.2. The van der Waals surface area contributed by atoms with E-state index in [-0.39, 0.29) is 0 Å². The Balaban J connectivity index is 2.07. The summed E-state index contributed by atoms with van der Waals surface area (Å²) in [7, 11) is 3.76. The molecular weight excluding hydrogens is 248 g/mol. The van der Waals surface area contributed by atoms with E-state index in [4.69, 9.17) is 4.74 Å². The van der Waals surface area contributed by atoms with Crippen LogP contribution in [0.4, 0.5) is 0 Å². The molecule has 0 aromatic heterocycles. The van der Waals surface area contributed by atoms with Crippen LogP contribution in [0.3, 0.4) is 0 Å². The second-order valence-corrected chi connectivity index (χ2v) is 5.94. The summed E-state index contributed by atoms with van der Waals surface area (Å²) in [5, 5.41) is 3.46. The molecule has 0 saturated carbocycles. The average molecular weight is 276 g/mol. The fraction of sp³-hybridized carbons (Fsp3) is 0.647. The maximum absolute atomic E-state index is 5.24. The van der Waals surface area contributed by atoms with E-state index in [1.807, 2.05) is 19.2 Å². The number of piperidine rings is 1. The van der Waals surface area contributed by atoms with E-state index in [9.17, 15) is 0 Å². The zero-order chi connectivity index (χ0) is 14.5. The first-order valence-electron chi connectivity index (χ1n) is 7.72. The normalized spacial score (nSPS) is 25.4. The van der Waals surface area contributed by atoms with Gasteiger partial charge in [0.15, 0.2) is 0 Å². The Morgan fingerprint density at radius 1 is 1.20 bits per heavy atom. The number of nitrogens with one attached hydrogen (secondary N) is 1. The number of ether oxygens (including phenoxy) is 1. The molecule has 1 fully saturated rings. The lowest BCUT2D eigenvalue weighted by molar-refractivity contribution is 0.0920. The number of nitrogens with zero attached hydrogens (tertiary/aromatic N) is 1. The third-order valence-corrected chi connectivity index (χ3v) is 4.64. The summed E-state index contributed by atoms with van der Waals surface area (Å²) in [4.78, 5) is 2.65. The SMILES string of the molecule is CNC(CN1C(C)CCCC1C)c1ccc(OC)cc1. The van der Waals surface area contributed by atoms with Crippen LogP contribution in [0.2, 0.25) is 0 Å². The van der Waals surface area contributed by atoms with Crippen molar-refractivity contribution >= 4 is 0 Å². The standard InChI is InChI=1S/C17H28N2O/c1-13-6-5-7-14(2)19(13)12-17(18-3)15-8-10-16(20-4)11-9-15/h8-11,13-14,17-18H,5-7,12H2,1-4H3. The minimum Gasteiger partial charge on any atom is -0.497 e. The molecule has 0 radical (unpaired) electrons. The molecule has 3 unspecified atom stereocenters. The fourth-order valence-electron chi connectivity index (χ4n) is 3.25. The van der Waals surface area contributed by atoms with Crippen LogP contribution < -0.4 is 10.1 Å². The van der Waals surface area contributed by atoms with E-state index < -0.39 is 0 Å². The van der Waals surface area contributed by atoms with E-state index in [2.05, 4.69) is 36.2 Å². The monoisotopic (exact) mass is 276 g/mol. The smallest absolute Gasteiger partial charge is 0.118 e. The largest absolute Gasteiger partial charge is 0.497 e. The molecule has 112 valence electrons. The van der Waals surface area contributed by atoms with Gasteiger partial charge in [-0.05, 0) is 51.4 Å². The summed E-state index contributed by atoms with van der Waals surface area (Å²) in [6, 6.07) is 10.2. The highest BCUT2D eigenvalue weighted by molar-refractivity contribution is 5.29. The maximum atomic E-state index is 5.24. The number of methoxy groups -OCH3 is 1. The topological polar surface area (TPSA) is 24.5 Å². The number of likely N-dealkylation sites (tertiary alicyclic amines) is 1. The van der Waals surface area contributed by atoms with Crippen molar-refractivity contribution in [3.05, 3.63) is 29.8 Å². The quantitative estimate of drug-likeness (QED) is 0.893. The molecule has 1 aromatic carbocycles. The summed E-state index contributed by atoms with van der Waals surface area (Å²) >= 11 is 0. The number of rotatable bonds is 5. The lowest BCUT2D eigenvalue weighted by atomic mass is 9.95. The molecule has 3 nitrogen and oxygen atoms in total. The number of hydrogen-bond donors (Lipinski definition) is 1. The van der Waals surface area contributed by atoms with E-state index in [1.54, 1.807) is 7.11 Å². The molecule has 0 bridgehead atoms. The number of benzene rings is 1. The van der Waals surface area contributed by atoms with Crippen molar-refractivity contribution in [1.82, 2.24) is 10.2 Å². The van der Waals surface area contributed by atoms with Gasteiger partial charge < -0.3 is 10.1 Å². The van der Waals surface area contributed by atoms with Crippen LogP contribution in [-0.2, 0) is 0 Å². The van der Waals surface area contributed by atoms with Crippen LogP contribution in [-0.4, -0.2) is 37.7 Å². The molecule has 1 heterocycles. The lowest BCUT2D eigenvalue weighted by Crippen LogP contribution is -2.47. The Labute approximate surface area is 123 Å². The lowest BCUT2D eigenvalue weighted by Gasteiger charge is -2.41. The van der Waals surface area contributed by atoms with Gasteiger partial charge in [0.25, 0.3) is 0 Å². The minimum atomic E-state index is 0.379. The first-order chi connectivity index (χ1) is 9.65. The molecule has 1 saturated heterocycles. The predicted octanol–water partition coefficient (Wildman–Crippen LogP) is 3.22. The molecule has 1 aromatic rings. The van der Waals surface area contributed by atoms with Crippen molar-refractivity contribution in [1.29, 1.82) is 0 Å². The van der Waals surface area contributed by atoms with Crippen molar-refractivity contribution in [3.8, 4) is 5.75 Å². The molecule has 0 amide bonds. The summed E-state index contributed by atoms with van der Waals surface area (Å²) in [5.74, 6) is 0.920. The predicted molar refractivity (Wildman–Crippen MR) is 84.3 cm³/mol. The van der Waals surface area contributed by atoms with E-state index >= 15 is 0 Å². The van der Waals surface area contributed by atoms with E-state index in [0.29, 0.717) is 18.1 Å². The molecule has 20 heavy (non-hydrogen) atoms. The maximum Gasteiger partial charge on any atom is 0.118 e. The molecule has 1 aliphatic heterocycles. The second-order valence-electron chi connectivity index (χ2n) is 5.94. The Morgan fingerprint density at radius 2 is 1.80 bits per heavy atom. The first-order valence-corrected chi connectivity index (χ1v) is 7.72. The molecule has 2 rings (SSSR count). The highest BCUT2D eigenvalue weighted by Crippen LogP contribution is 2.26. The molecular formula is C17H28N2O.